The van der Waals surface area contributed by atoms with Gasteiger partial charge in [0.15, 0.2) is 11.6 Å². The third-order valence-electron chi connectivity index (χ3n) is 3.46. The van der Waals surface area contributed by atoms with Crippen molar-refractivity contribution in [1.82, 2.24) is 41.2 Å². The molecule has 0 aliphatic carbocycles. The predicted molar refractivity (Wildman–Crippen MR) is 68.2 cm³/mol. The average molecular weight is 264 g/mol. The molecular weight excluding hydrogens is 244 g/mol. The van der Waals surface area contributed by atoms with Gasteiger partial charge in [0.25, 0.3) is 0 Å². The van der Waals surface area contributed by atoms with Crippen LogP contribution >= 0.6 is 0 Å². The minimum Gasteiger partial charge on any atom is -0.177 e. The summed E-state index contributed by atoms with van der Waals surface area (Å²) in [5, 5.41) is 29.2. The fourth-order valence-electron chi connectivity index (χ4n) is 2.36. The Morgan fingerprint density at radius 3 is 1.63 bits per heavy atom. The maximum Gasteiger partial charge on any atom is 0.188 e. The van der Waals surface area contributed by atoms with Gasteiger partial charge in [-0.05, 0) is 12.8 Å². The molecule has 0 unspecified atom stereocenters. The first-order valence-electron chi connectivity index (χ1n) is 6.81. The minimum absolute atomic E-state index is 0.383. The van der Waals surface area contributed by atoms with Crippen molar-refractivity contribution in [1.29, 1.82) is 0 Å². The molecule has 0 saturated carbocycles. The number of unbranched alkanes of at least 4 members (excludes halogenated alkanes) is 2. The Morgan fingerprint density at radius 2 is 1.32 bits per heavy atom. The van der Waals surface area contributed by atoms with Crippen LogP contribution in [0.3, 0.4) is 0 Å². The monoisotopic (exact) mass is 264 g/mol. The standard InChI is InChI=1S/C11H20N8/c1-3-5-7-11(8-6-4-2,9-12-16-17-13-9)10-14-18-19-15-10/h3-8H2,1-2H3,(H,12,13,16,17)(H,14,15,18,19). The number of aromatic amines is 2. The molecule has 2 rings (SSSR count). The van der Waals surface area contributed by atoms with E-state index >= 15 is 0 Å². The number of H-pyrrole nitrogens is 2. The van der Waals surface area contributed by atoms with Crippen LogP contribution in [0.25, 0.3) is 0 Å². The van der Waals surface area contributed by atoms with E-state index in [4.69, 9.17) is 0 Å². The molecule has 0 aliphatic heterocycles. The summed E-state index contributed by atoms with van der Waals surface area (Å²) in [5.74, 6) is 1.33. The quantitative estimate of drug-likeness (QED) is 0.745. The Bertz CT molecular complexity index is 405. The molecule has 0 saturated heterocycles. The highest BCUT2D eigenvalue weighted by Gasteiger charge is 2.41. The molecule has 8 heteroatoms. The molecule has 0 amide bonds. The van der Waals surface area contributed by atoms with Gasteiger partial charge in [0.1, 0.15) is 0 Å². The first-order valence-corrected chi connectivity index (χ1v) is 6.81. The van der Waals surface area contributed by atoms with E-state index in [1.165, 1.54) is 0 Å². The Hall–Kier alpha value is -1.86. The summed E-state index contributed by atoms with van der Waals surface area (Å²) in [4.78, 5) is 0. The van der Waals surface area contributed by atoms with E-state index in [2.05, 4.69) is 55.1 Å². The molecule has 0 aliphatic rings. The van der Waals surface area contributed by atoms with E-state index in [9.17, 15) is 0 Å². The molecule has 0 radical (unpaired) electrons. The normalized spacial score (nSPS) is 11.9. The van der Waals surface area contributed by atoms with Gasteiger partial charge < -0.3 is 0 Å². The Morgan fingerprint density at radius 1 is 0.842 bits per heavy atom. The van der Waals surface area contributed by atoms with Crippen LogP contribution in [0, 0.1) is 0 Å². The maximum absolute atomic E-state index is 4.18. The van der Waals surface area contributed by atoms with Crippen molar-refractivity contribution in [3.63, 3.8) is 0 Å². The van der Waals surface area contributed by atoms with Crippen LogP contribution in [0.2, 0.25) is 0 Å². The van der Waals surface area contributed by atoms with Crippen molar-refractivity contribution in [3.05, 3.63) is 11.6 Å². The Kier molecular flexibility index (Phi) is 4.53. The number of hydrogen-bond donors (Lipinski definition) is 2. The third kappa shape index (κ3) is 2.77. The van der Waals surface area contributed by atoms with Crippen LogP contribution in [0.4, 0.5) is 0 Å². The van der Waals surface area contributed by atoms with E-state index in [0.717, 1.165) is 38.5 Å². The number of nitrogens with one attached hydrogen (secondary N) is 2. The topological polar surface area (TPSA) is 109 Å². The fourth-order valence-corrected chi connectivity index (χ4v) is 2.36. The van der Waals surface area contributed by atoms with Crippen LogP contribution in [0.15, 0.2) is 0 Å². The summed E-state index contributed by atoms with van der Waals surface area (Å²) < 4.78 is 0. The lowest BCUT2D eigenvalue weighted by Gasteiger charge is -2.27. The number of rotatable bonds is 8. The number of aromatic nitrogens is 8. The summed E-state index contributed by atoms with van der Waals surface area (Å²) in [6, 6.07) is 0. The van der Waals surface area contributed by atoms with E-state index in [1.807, 2.05) is 0 Å². The molecular formula is C11H20N8. The van der Waals surface area contributed by atoms with Crippen LogP contribution in [-0.4, -0.2) is 41.2 Å². The molecule has 0 atom stereocenters. The van der Waals surface area contributed by atoms with Crippen molar-refractivity contribution in [2.45, 2.75) is 57.8 Å². The zero-order valence-corrected chi connectivity index (χ0v) is 11.4. The lowest BCUT2D eigenvalue weighted by Crippen LogP contribution is -2.31. The largest absolute Gasteiger partial charge is 0.188 e. The van der Waals surface area contributed by atoms with Crippen molar-refractivity contribution in [3.8, 4) is 0 Å². The van der Waals surface area contributed by atoms with E-state index in [-0.39, 0.29) is 5.41 Å². The zero-order valence-electron chi connectivity index (χ0n) is 11.4. The molecule has 0 aromatic carbocycles. The Balaban J connectivity index is 2.38. The first kappa shape index (κ1) is 13.6. The summed E-state index contributed by atoms with van der Waals surface area (Å²) >= 11 is 0. The van der Waals surface area contributed by atoms with Crippen molar-refractivity contribution >= 4 is 0 Å². The average Bonchev–Trinajstić information content (AvgIpc) is 3.12. The molecule has 19 heavy (non-hydrogen) atoms. The Labute approximate surface area is 111 Å². The maximum atomic E-state index is 4.18. The molecule has 104 valence electrons. The van der Waals surface area contributed by atoms with Gasteiger partial charge >= 0.3 is 0 Å². The van der Waals surface area contributed by atoms with Gasteiger partial charge in [-0.2, -0.15) is 10.4 Å². The molecule has 2 aromatic rings. The molecule has 2 N–H and O–H groups in total. The second kappa shape index (κ2) is 6.35. The first-order chi connectivity index (χ1) is 9.33. The van der Waals surface area contributed by atoms with Crippen LogP contribution in [0.5, 0.6) is 0 Å². The van der Waals surface area contributed by atoms with E-state index in [1.54, 1.807) is 0 Å². The summed E-state index contributed by atoms with van der Waals surface area (Å²) in [7, 11) is 0. The van der Waals surface area contributed by atoms with Crippen molar-refractivity contribution in [2.75, 3.05) is 0 Å². The highest BCUT2D eigenvalue weighted by atomic mass is 15.5. The van der Waals surface area contributed by atoms with Gasteiger partial charge in [-0.3, -0.25) is 0 Å². The van der Waals surface area contributed by atoms with Gasteiger partial charge in [-0.15, -0.1) is 20.4 Å². The van der Waals surface area contributed by atoms with E-state index < -0.39 is 0 Å². The zero-order chi connectivity index (χ0) is 13.6. The summed E-state index contributed by atoms with van der Waals surface area (Å²) in [5.41, 5.74) is -0.383. The summed E-state index contributed by atoms with van der Waals surface area (Å²) in [6.45, 7) is 4.33. The molecule has 0 fully saturated rings. The van der Waals surface area contributed by atoms with Gasteiger partial charge in [-0.1, -0.05) is 50.0 Å². The van der Waals surface area contributed by atoms with Crippen LogP contribution in [-0.2, 0) is 5.41 Å². The molecule has 2 aromatic heterocycles. The van der Waals surface area contributed by atoms with Gasteiger partial charge in [0.2, 0.25) is 0 Å². The fraction of sp³-hybridized carbons (Fsp3) is 0.818. The predicted octanol–water partition coefficient (Wildman–Crippen LogP) is 1.38. The second-order valence-electron chi connectivity index (χ2n) is 4.76. The molecule has 0 bridgehead atoms. The van der Waals surface area contributed by atoms with Crippen LogP contribution in [0.1, 0.15) is 64.0 Å². The smallest absolute Gasteiger partial charge is 0.177 e. The molecule has 0 spiro atoms. The van der Waals surface area contributed by atoms with E-state index in [0.29, 0.717) is 11.6 Å². The number of hydrogen-bond acceptors (Lipinski definition) is 6. The number of tetrazole rings is 2. The SMILES string of the molecule is CCCCC(CCCC)(c1nn[nH]n1)c1nn[nH]n1. The minimum atomic E-state index is -0.383. The second-order valence-corrected chi connectivity index (χ2v) is 4.76. The molecule has 2 heterocycles. The van der Waals surface area contributed by atoms with Crippen LogP contribution < -0.4 is 0 Å². The van der Waals surface area contributed by atoms with Crippen molar-refractivity contribution < 1.29 is 0 Å². The third-order valence-corrected chi connectivity index (χ3v) is 3.46. The summed E-state index contributed by atoms with van der Waals surface area (Å²) in [6.07, 6.45) is 6.14. The lowest BCUT2D eigenvalue weighted by molar-refractivity contribution is 0.366. The van der Waals surface area contributed by atoms with Gasteiger partial charge in [0, 0.05) is 0 Å². The van der Waals surface area contributed by atoms with Gasteiger partial charge in [0.05, 0.1) is 5.41 Å². The highest BCUT2D eigenvalue weighted by Crippen LogP contribution is 2.37. The lowest BCUT2D eigenvalue weighted by atomic mass is 9.77. The van der Waals surface area contributed by atoms with Crippen molar-refractivity contribution in [2.24, 2.45) is 0 Å². The molecule has 8 nitrogen and oxygen atoms in total. The van der Waals surface area contributed by atoms with Gasteiger partial charge in [-0.25, -0.2) is 0 Å². The highest BCUT2D eigenvalue weighted by molar-refractivity contribution is 5.19. The number of nitrogens with zero attached hydrogens (tertiary/aromatic N) is 6.